The highest BCUT2D eigenvalue weighted by Crippen LogP contribution is 2.32. The molecule has 0 radical (unpaired) electrons. The molecule has 0 aromatic heterocycles. The van der Waals surface area contributed by atoms with E-state index in [-0.39, 0.29) is 16.1 Å². The van der Waals surface area contributed by atoms with Crippen LogP contribution in [0, 0.1) is 0 Å². The molecule has 1 aliphatic rings. The summed E-state index contributed by atoms with van der Waals surface area (Å²) in [7, 11) is -3.54. The topological polar surface area (TPSA) is 34.1 Å². The second-order valence-corrected chi connectivity index (χ2v) is 11.1. The Balaban J connectivity index is 1.70. The van der Waals surface area contributed by atoms with Gasteiger partial charge >= 0.3 is 0 Å². The first-order chi connectivity index (χ1) is 13.7. The van der Waals surface area contributed by atoms with Crippen molar-refractivity contribution in [3.8, 4) is 0 Å². The van der Waals surface area contributed by atoms with Gasteiger partial charge in [0, 0.05) is 0 Å². The Hall–Kier alpha value is -2.30. The molecule has 4 rings (SSSR count). The van der Waals surface area contributed by atoms with Crippen molar-refractivity contribution in [2.45, 2.75) is 44.1 Å². The molecule has 0 N–H and O–H groups in total. The van der Waals surface area contributed by atoms with E-state index in [1.54, 1.807) is 12.1 Å². The Bertz CT molecular complexity index is 1000. The smallest absolute Gasteiger partial charge is 0.181 e. The fraction of sp³-hybridized carbons (Fsp3) is 0.167. The van der Waals surface area contributed by atoms with Crippen LogP contribution < -0.4 is 0 Å². The van der Waals surface area contributed by atoms with Crippen LogP contribution in [-0.4, -0.2) is 13.7 Å². The summed E-state index contributed by atoms with van der Waals surface area (Å²) in [5.74, 6) is 0. The standard InChI is InChI=1S/C24H23O2S2/c25-28(26,23-14-8-3-9-15-23)24-18-16-22(17-19-24)27(20-10-4-1-5-11-20)21-12-6-2-7-13-21/h1-8,10-13,16-19,23H,9,14-15H2/q+1. The molecule has 0 fully saturated rings. The molecule has 142 valence electrons. The van der Waals surface area contributed by atoms with E-state index in [2.05, 4.69) is 30.3 Å². The molecule has 0 saturated carbocycles. The lowest BCUT2D eigenvalue weighted by Crippen LogP contribution is -2.22. The molecule has 2 nitrogen and oxygen atoms in total. The average molecular weight is 408 g/mol. The number of benzene rings is 3. The van der Waals surface area contributed by atoms with Crippen molar-refractivity contribution in [1.82, 2.24) is 0 Å². The molecule has 0 bridgehead atoms. The van der Waals surface area contributed by atoms with Gasteiger partial charge in [0.15, 0.2) is 24.5 Å². The Morgan fingerprint density at radius 2 is 1.21 bits per heavy atom. The number of sulfone groups is 1. The van der Waals surface area contributed by atoms with Gasteiger partial charge in [-0.1, -0.05) is 48.6 Å². The van der Waals surface area contributed by atoms with Gasteiger partial charge in [0.05, 0.1) is 21.0 Å². The number of hydrogen-bond acceptors (Lipinski definition) is 2. The van der Waals surface area contributed by atoms with E-state index in [1.807, 2.05) is 54.6 Å². The summed E-state index contributed by atoms with van der Waals surface area (Å²) in [6.45, 7) is 0. The van der Waals surface area contributed by atoms with E-state index < -0.39 is 9.84 Å². The predicted molar refractivity (Wildman–Crippen MR) is 115 cm³/mol. The maximum atomic E-state index is 13.0. The molecular formula is C24H23O2S2+. The number of rotatable bonds is 5. The van der Waals surface area contributed by atoms with E-state index >= 15 is 0 Å². The van der Waals surface area contributed by atoms with Crippen LogP contribution in [0.25, 0.3) is 0 Å². The molecule has 0 heterocycles. The van der Waals surface area contributed by atoms with Gasteiger partial charge in [-0.15, -0.1) is 0 Å². The van der Waals surface area contributed by atoms with Crippen LogP contribution >= 0.6 is 0 Å². The maximum absolute atomic E-state index is 13.0. The molecular weight excluding hydrogens is 384 g/mol. The quantitative estimate of drug-likeness (QED) is 0.404. The first kappa shape index (κ1) is 19.0. The van der Waals surface area contributed by atoms with Crippen LogP contribution in [0.5, 0.6) is 0 Å². The Morgan fingerprint density at radius 3 is 1.71 bits per heavy atom. The fourth-order valence-electron chi connectivity index (χ4n) is 3.53. The molecule has 3 aromatic rings. The summed E-state index contributed by atoms with van der Waals surface area (Å²) in [6.07, 6.45) is 6.22. The third kappa shape index (κ3) is 3.94. The molecule has 1 unspecified atom stereocenters. The van der Waals surface area contributed by atoms with Gasteiger partial charge in [0.1, 0.15) is 0 Å². The molecule has 3 aromatic carbocycles. The van der Waals surface area contributed by atoms with E-state index in [0.717, 1.165) is 11.3 Å². The first-order valence-corrected chi connectivity index (χ1v) is 12.3. The SMILES string of the molecule is O=S(=O)(c1ccc([S+](c2ccccc2)c2ccccc2)cc1)C1CC=CCC1. The van der Waals surface area contributed by atoms with Gasteiger partial charge in [-0.05, 0) is 67.8 Å². The van der Waals surface area contributed by atoms with Gasteiger partial charge in [-0.3, -0.25) is 0 Å². The van der Waals surface area contributed by atoms with E-state index in [4.69, 9.17) is 0 Å². The van der Waals surface area contributed by atoms with Crippen LogP contribution in [0.2, 0.25) is 0 Å². The fourth-order valence-corrected chi connectivity index (χ4v) is 7.32. The van der Waals surface area contributed by atoms with Crippen molar-refractivity contribution in [2.75, 3.05) is 0 Å². The van der Waals surface area contributed by atoms with Crippen LogP contribution in [0.1, 0.15) is 19.3 Å². The van der Waals surface area contributed by atoms with Gasteiger partial charge in [-0.2, -0.15) is 0 Å². The minimum Gasteiger partial charge on any atom is -0.223 e. The minimum atomic E-state index is -3.28. The van der Waals surface area contributed by atoms with Crippen molar-refractivity contribution in [3.63, 3.8) is 0 Å². The zero-order valence-corrected chi connectivity index (χ0v) is 17.2. The second kappa shape index (κ2) is 8.38. The van der Waals surface area contributed by atoms with Crippen LogP contribution in [0.3, 0.4) is 0 Å². The predicted octanol–water partition coefficient (Wildman–Crippen LogP) is 5.66. The molecule has 0 spiro atoms. The number of hydrogen-bond donors (Lipinski definition) is 0. The Kier molecular flexibility index (Phi) is 5.69. The maximum Gasteiger partial charge on any atom is 0.181 e. The highest BCUT2D eigenvalue weighted by atomic mass is 32.2. The lowest BCUT2D eigenvalue weighted by atomic mass is 10.1. The third-order valence-corrected chi connectivity index (χ3v) is 9.47. The minimum absolute atomic E-state index is 0.260. The molecule has 1 aliphatic carbocycles. The highest BCUT2D eigenvalue weighted by Gasteiger charge is 2.31. The van der Waals surface area contributed by atoms with Crippen molar-refractivity contribution < 1.29 is 8.42 Å². The molecule has 0 saturated heterocycles. The first-order valence-electron chi connectivity index (χ1n) is 9.49. The van der Waals surface area contributed by atoms with Crippen LogP contribution in [0.4, 0.5) is 0 Å². The Morgan fingerprint density at radius 1 is 0.679 bits per heavy atom. The summed E-state index contributed by atoms with van der Waals surface area (Å²) in [6, 6.07) is 28.3. The summed E-state index contributed by atoms with van der Waals surface area (Å²) < 4.78 is 26.0. The lowest BCUT2D eigenvalue weighted by Gasteiger charge is -2.18. The number of allylic oxidation sites excluding steroid dienone is 2. The molecule has 4 heteroatoms. The zero-order valence-electron chi connectivity index (χ0n) is 15.6. The van der Waals surface area contributed by atoms with Crippen molar-refractivity contribution in [3.05, 3.63) is 97.1 Å². The second-order valence-electron chi connectivity index (χ2n) is 6.86. The Labute approximate surface area is 170 Å². The van der Waals surface area contributed by atoms with Crippen LogP contribution in [0.15, 0.2) is 117 Å². The summed E-state index contributed by atoms with van der Waals surface area (Å²) in [4.78, 5) is 4.00. The molecule has 28 heavy (non-hydrogen) atoms. The monoisotopic (exact) mass is 407 g/mol. The summed E-state index contributed by atoms with van der Waals surface area (Å²) >= 11 is 0. The molecule has 0 aliphatic heterocycles. The van der Waals surface area contributed by atoms with Crippen LogP contribution in [-0.2, 0) is 20.7 Å². The third-order valence-electron chi connectivity index (χ3n) is 5.01. The highest BCUT2D eigenvalue weighted by molar-refractivity contribution is 7.97. The van der Waals surface area contributed by atoms with Gasteiger partial charge in [-0.25, -0.2) is 8.42 Å². The molecule has 1 atom stereocenters. The van der Waals surface area contributed by atoms with Gasteiger partial charge < -0.3 is 0 Å². The average Bonchev–Trinajstić information content (AvgIpc) is 2.76. The molecule has 0 amide bonds. The van der Waals surface area contributed by atoms with E-state index in [0.29, 0.717) is 17.7 Å². The van der Waals surface area contributed by atoms with Crippen molar-refractivity contribution >= 4 is 20.7 Å². The summed E-state index contributed by atoms with van der Waals surface area (Å²) in [5, 5.41) is -0.301. The summed E-state index contributed by atoms with van der Waals surface area (Å²) in [5.41, 5.74) is 0. The zero-order chi connectivity index (χ0) is 19.4. The normalized spacial score (nSPS) is 17.0. The van der Waals surface area contributed by atoms with Gasteiger partial charge in [0.25, 0.3) is 0 Å². The van der Waals surface area contributed by atoms with Crippen molar-refractivity contribution in [1.29, 1.82) is 0 Å². The van der Waals surface area contributed by atoms with Crippen molar-refractivity contribution in [2.24, 2.45) is 0 Å². The largest absolute Gasteiger partial charge is 0.223 e. The van der Waals surface area contributed by atoms with E-state index in [1.165, 1.54) is 9.79 Å². The van der Waals surface area contributed by atoms with E-state index in [9.17, 15) is 8.42 Å². The van der Waals surface area contributed by atoms with Gasteiger partial charge in [0.2, 0.25) is 0 Å². The lowest BCUT2D eigenvalue weighted by molar-refractivity contribution is 0.568.